The van der Waals surface area contributed by atoms with E-state index in [9.17, 15) is 27.6 Å². The second-order valence-corrected chi connectivity index (χ2v) is 11.8. The van der Waals surface area contributed by atoms with Crippen molar-refractivity contribution >= 4 is 41.0 Å². The number of benzene rings is 2. The van der Waals surface area contributed by atoms with Crippen molar-refractivity contribution < 1.29 is 37.0 Å². The minimum absolute atomic E-state index is 0.0506. The van der Waals surface area contributed by atoms with Crippen LogP contribution in [0.2, 0.25) is 5.02 Å². The van der Waals surface area contributed by atoms with Crippen LogP contribution in [0, 0.1) is 5.92 Å². The van der Waals surface area contributed by atoms with Gasteiger partial charge in [-0.2, -0.15) is 13.2 Å². The number of hydroxylamine groups is 2. The van der Waals surface area contributed by atoms with Crippen molar-refractivity contribution in [3.05, 3.63) is 64.7 Å². The summed E-state index contributed by atoms with van der Waals surface area (Å²) in [6.45, 7) is 2.64. The van der Waals surface area contributed by atoms with E-state index in [1.807, 2.05) is 0 Å². The largest absolute Gasteiger partial charge is 0.497 e. The molecule has 2 amide bonds. The van der Waals surface area contributed by atoms with Crippen LogP contribution in [0.1, 0.15) is 35.2 Å². The van der Waals surface area contributed by atoms with Crippen LogP contribution in [0.3, 0.4) is 0 Å². The Morgan fingerprint density at radius 1 is 1.05 bits per heavy atom. The molecule has 0 radical (unpaired) electrons. The van der Waals surface area contributed by atoms with Crippen LogP contribution in [0.4, 0.5) is 18.9 Å². The molecule has 43 heavy (non-hydrogen) atoms. The Bertz CT molecular complexity index is 1430. The molecule has 0 N–H and O–H groups in total. The summed E-state index contributed by atoms with van der Waals surface area (Å²) in [6, 6.07) is 12.5. The van der Waals surface area contributed by atoms with E-state index in [0.717, 1.165) is 45.0 Å². The predicted molar refractivity (Wildman–Crippen MR) is 154 cm³/mol. The summed E-state index contributed by atoms with van der Waals surface area (Å²) in [6.07, 6.45) is -3.41. The molecular weight excluding hydrogens is 587 g/mol. The minimum atomic E-state index is -5.31. The molecule has 3 aliphatic heterocycles. The van der Waals surface area contributed by atoms with Gasteiger partial charge in [-0.1, -0.05) is 29.8 Å². The maximum absolute atomic E-state index is 14.0. The number of hydrogen-bond acceptors (Lipinski definition) is 6. The van der Waals surface area contributed by atoms with Crippen molar-refractivity contribution in [1.29, 1.82) is 0 Å². The lowest BCUT2D eigenvalue weighted by Crippen LogP contribution is -2.60. The van der Waals surface area contributed by atoms with Gasteiger partial charge in [0.2, 0.25) is 0 Å². The van der Waals surface area contributed by atoms with Crippen LogP contribution >= 0.6 is 11.6 Å². The average molecular weight is 622 g/mol. The number of quaternary nitrogens is 1. The molecule has 1 unspecified atom stereocenters. The van der Waals surface area contributed by atoms with E-state index in [1.54, 1.807) is 30.3 Å². The highest BCUT2D eigenvalue weighted by Gasteiger charge is 2.55. The van der Waals surface area contributed by atoms with Gasteiger partial charge in [0, 0.05) is 28.6 Å². The molecule has 9 nitrogen and oxygen atoms in total. The summed E-state index contributed by atoms with van der Waals surface area (Å²) < 4.78 is 41.7. The van der Waals surface area contributed by atoms with Gasteiger partial charge in [-0.05, 0) is 47.7 Å². The zero-order chi connectivity index (χ0) is 30.9. The van der Waals surface area contributed by atoms with Gasteiger partial charge in [-0.15, -0.1) is 0 Å². The summed E-state index contributed by atoms with van der Waals surface area (Å²) in [5.74, 6) is -2.51. The van der Waals surface area contributed by atoms with Crippen LogP contribution in [-0.4, -0.2) is 103 Å². The Kier molecular flexibility index (Phi) is 8.71. The quantitative estimate of drug-likeness (QED) is 0.373. The van der Waals surface area contributed by atoms with Gasteiger partial charge in [-0.25, -0.2) is 9.59 Å². The number of likely N-dealkylation sites (N-methyl/N-ethyl adjacent to an activating group) is 2. The molecule has 2 aromatic carbocycles. The van der Waals surface area contributed by atoms with Crippen LogP contribution in [0.5, 0.6) is 0 Å². The number of fused-ring (bicyclic) bond motifs is 1. The fourth-order valence-corrected chi connectivity index (χ4v) is 6.36. The molecule has 0 saturated carbocycles. The molecule has 5 rings (SSSR count). The number of hydrogen-bond donors (Lipinski definition) is 0. The Morgan fingerprint density at radius 2 is 1.72 bits per heavy atom. The Hall–Kier alpha value is -3.64. The lowest BCUT2D eigenvalue weighted by Gasteiger charge is -2.34. The zero-order valence-electron chi connectivity index (χ0n) is 24.1. The number of likely N-dealkylation sites (tertiary alicyclic amines) is 1. The lowest BCUT2D eigenvalue weighted by molar-refractivity contribution is -0.491. The third kappa shape index (κ3) is 6.35. The average Bonchev–Trinajstić information content (AvgIpc) is 3.26. The summed E-state index contributed by atoms with van der Waals surface area (Å²) in [5, 5.41) is 0.426. The molecule has 2 aromatic rings. The highest BCUT2D eigenvalue weighted by molar-refractivity contribution is 6.30. The highest BCUT2D eigenvalue weighted by atomic mass is 35.5. The number of halogens is 4. The van der Waals surface area contributed by atoms with Gasteiger partial charge in [0.15, 0.2) is 5.69 Å². The molecule has 0 aromatic heterocycles. The topological polar surface area (TPSA) is 73.2 Å². The molecule has 230 valence electrons. The molecule has 3 aliphatic rings. The van der Waals surface area contributed by atoms with Crippen LogP contribution in [0.25, 0.3) is 0 Å². The number of carbonyl (C=O) groups excluding carboxylic acids is 3. The number of carbonyl (C=O) groups is 3. The standard InChI is InChI=1S/C30H35ClF3N5O4/c1-35-16-17-36(2)29(35)37-14-11-21(12-15-37)13-18-39(43-28(42)30(32,33)34)25-6-4-3-5-23(25)19-38(20-26(39)40)27(41)22-7-9-24(31)10-8-22/h3-10,21H,11-20H2,1-2H3/q+2. The van der Waals surface area contributed by atoms with Gasteiger partial charge >= 0.3 is 24.0 Å². The van der Waals surface area contributed by atoms with Gasteiger partial charge in [0.25, 0.3) is 5.91 Å². The first kappa shape index (κ1) is 30.8. The van der Waals surface area contributed by atoms with Crippen molar-refractivity contribution in [3.63, 3.8) is 0 Å². The summed E-state index contributed by atoms with van der Waals surface area (Å²) in [4.78, 5) is 50.8. The smallest absolute Gasteiger partial charge is 0.320 e. The van der Waals surface area contributed by atoms with Crippen molar-refractivity contribution in [2.24, 2.45) is 5.92 Å². The minimum Gasteiger partial charge on any atom is -0.320 e. The zero-order valence-corrected chi connectivity index (χ0v) is 24.9. The summed E-state index contributed by atoms with van der Waals surface area (Å²) in [5.41, 5.74) is 0.813. The normalized spacial score (nSPS) is 21.6. The van der Waals surface area contributed by atoms with Gasteiger partial charge in [0.1, 0.15) is 13.1 Å². The number of nitrogens with zero attached hydrogens (tertiary/aromatic N) is 5. The van der Waals surface area contributed by atoms with Crippen LogP contribution in [0.15, 0.2) is 48.5 Å². The van der Waals surface area contributed by atoms with Crippen LogP contribution < -0.4 is 4.65 Å². The van der Waals surface area contributed by atoms with Crippen molar-refractivity contribution in [2.45, 2.75) is 32.0 Å². The molecule has 1 fully saturated rings. The molecule has 3 heterocycles. The Balaban J connectivity index is 1.42. The maximum atomic E-state index is 14.0. The van der Waals surface area contributed by atoms with E-state index in [-0.39, 0.29) is 30.3 Å². The van der Waals surface area contributed by atoms with Crippen molar-refractivity contribution in [2.75, 3.05) is 53.4 Å². The predicted octanol–water partition coefficient (Wildman–Crippen LogP) is 3.90. The van der Waals surface area contributed by atoms with E-state index in [4.69, 9.17) is 16.4 Å². The number of guanidine groups is 1. The maximum Gasteiger partial charge on any atom is 0.497 e. The van der Waals surface area contributed by atoms with E-state index >= 15 is 0 Å². The fraction of sp³-hybridized carbons (Fsp3) is 0.467. The van der Waals surface area contributed by atoms with Crippen molar-refractivity contribution in [1.82, 2.24) is 19.3 Å². The molecule has 0 aliphatic carbocycles. The first-order chi connectivity index (χ1) is 20.4. The lowest BCUT2D eigenvalue weighted by atomic mass is 9.93. The third-order valence-corrected chi connectivity index (χ3v) is 8.77. The second kappa shape index (κ2) is 12.2. The van der Waals surface area contributed by atoms with Gasteiger partial charge in [0.05, 0.1) is 46.8 Å². The van der Waals surface area contributed by atoms with E-state index in [0.29, 0.717) is 17.0 Å². The fourth-order valence-electron chi connectivity index (χ4n) is 6.23. The first-order valence-electron chi connectivity index (χ1n) is 14.3. The molecule has 1 saturated heterocycles. The van der Waals surface area contributed by atoms with Gasteiger partial charge in [-0.3, -0.25) is 24.0 Å². The molecule has 0 bridgehead atoms. The molecular formula is C30H35ClF3N5O4+2. The number of rotatable bonds is 5. The second-order valence-electron chi connectivity index (χ2n) is 11.4. The number of amides is 2. The van der Waals surface area contributed by atoms with E-state index < -0.39 is 35.2 Å². The summed E-state index contributed by atoms with van der Waals surface area (Å²) >= 11 is 5.96. The number of piperidine rings is 1. The number of alkyl halides is 3. The monoisotopic (exact) mass is 621 g/mol. The van der Waals surface area contributed by atoms with E-state index in [2.05, 4.69) is 28.5 Å². The Morgan fingerprint density at radius 3 is 2.35 bits per heavy atom. The highest BCUT2D eigenvalue weighted by Crippen LogP contribution is 2.37. The SMILES string of the molecule is CN1CC[N+](C)=C1N1CCC(CC[N+]2(OC(=O)C(F)(F)F)C(=O)CN(C(=O)c3ccc(Cl)cc3)Cc3ccccc32)CC1. The Labute approximate surface area is 253 Å². The van der Waals surface area contributed by atoms with E-state index in [1.165, 1.54) is 23.1 Å². The summed E-state index contributed by atoms with van der Waals surface area (Å²) in [7, 11) is 4.11. The van der Waals surface area contributed by atoms with Gasteiger partial charge < -0.3 is 4.90 Å². The number of para-hydroxylation sites is 1. The third-order valence-electron chi connectivity index (χ3n) is 8.52. The molecule has 13 heteroatoms. The van der Waals surface area contributed by atoms with Crippen molar-refractivity contribution in [3.8, 4) is 0 Å². The first-order valence-corrected chi connectivity index (χ1v) is 14.7. The van der Waals surface area contributed by atoms with Crippen LogP contribution in [-0.2, 0) is 21.0 Å². The molecule has 1 atom stereocenters. The molecule has 0 spiro atoms.